The molecule has 1 aromatic rings. The molecule has 0 aromatic heterocycles. The van der Waals surface area contributed by atoms with Gasteiger partial charge in [-0.3, -0.25) is 0 Å². The third-order valence-electron chi connectivity index (χ3n) is 2.37. The zero-order valence-corrected chi connectivity index (χ0v) is 7.26. The number of phenolic OH excluding ortho intramolecular Hbond substituents is 1. The molecule has 13 heavy (non-hydrogen) atoms. The number of rotatable bonds is 1. The molecule has 2 rings (SSSR count). The van der Waals surface area contributed by atoms with Crippen molar-refractivity contribution in [1.82, 2.24) is 5.32 Å². The molecule has 1 atom stereocenters. The Bertz CT molecular complexity index is 288. The Labute approximate surface area is 76.4 Å². The second-order valence-corrected chi connectivity index (χ2v) is 3.39. The Hall–Kier alpha value is -1.09. The molecule has 0 bridgehead atoms. The van der Waals surface area contributed by atoms with Gasteiger partial charge in [0.15, 0.2) is 0 Å². The summed E-state index contributed by atoms with van der Waals surface area (Å²) in [7, 11) is 0. The first kappa shape index (κ1) is 8.51. The van der Waals surface area contributed by atoms with E-state index in [2.05, 4.69) is 5.32 Å². The van der Waals surface area contributed by atoms with Crippen molar-refractivity contribution < 1.29 is 9.50 Å². The van der Waals surface area contributed by atoms with E-state index in [-0.39, 0.29) is 17.6 Å². The number of benzene rings is 1. The first-order valence-corrected chi connectivity index (χ1v) is 4.48. The predicted molar refractivity (Wildman–Crippen MR) is 48.0 cm³/mol. The van der Waals surface area contributed by atoms with Gasteiger partial charge in [0.25, 0.3) is 0 Å². The molecule has 1 fully saturated rings. The molecule has 1 aliphatic heterocycles. The summed E-state index contributed by atoms with van der Waals surface area (Å²) in [6, 6.07) is 4.43. The van der Waals surface area contributed by atoms with E-state index in [9.17, 15) is 9.50 Å². The van der Waals surface area contributed by atoms with Crippen molar-refractivity contribution >= 4 is 0 Å². The Balaban J connectivity index is 2.28. The lowest BCUT2D eigenvalue weighted by atomic mass is 10.1. The van der Waals surface area contributed by atoms with Gasteiger partial charge in [0.1, 0.15) is 11.6 Å². The molecule has 2 N–H and O–H groups in total. The maximum absolute atomic E-state index is 12.9. The van der Waals surface area contributed by atoms with Gasteiger partial charge in [0, 0.05) is 12.1 Å². The zero-order chi connectivity index (χ0) is 9.26. The fourth-order valence-electron chi connectivity index (χ4n) is 1.77. The Morgan fingerprint density at radius 3 is 2.85 bits per heavy atom. The number of hydrogen-bond donors (Lipinski definition) is 2. The van der Waals surface area contributed by atoms with Gasteiger partial charge in [-0.2, -0.15) is 0 Å². The Morgan fingerprint density at radius 2 is 2.23 bits per heavy atom. The van der Waals surface area contributed by atoms with Gasteiger partial charge in [-0.15, -0.1) is 0 Å². The van der Waals surface area contributed by atoms with Gasteiger partial charge >= 0.3 is 0 Å². The highest BCUT2D eigenvalue weighted by atomic mass is 19.1. The Kier molecular flexibility index (Phi) is 2.19. The first-order chi connectivity index (χ1) is 6.25. The van der Waals surface area contributed by atoms with Crippen LogP contribution in [0.2, 0.25) is 0 Å². The molecule has 1 saturated heterocycles. The molecule has 0 radical (unpaired) electrons. The van der Waals surface area contributed by atoms with Gasteiger partial charge in [-0.1, -0.05) is 0 Å². The minimum atomic E-state index is -0.372. The van der Waals surface area contributed by atoms with Gasteiger partial charge in [0.2, 0.25) is 0 Å². The minimum Gasteiger partial charge on any atom is -0.508 e. The normalized spacial score (nSPS) is 22.1. The van der Waals surface area contributed by atoms with Crippen LogP contribution in [0.25, 0.3) is 0 Å². The van der Waals surface area contributed by atoms with Crippen molar-refractivity contribution in [2.24, 2.45) is 0 Å². The van der Waals surface area contributed by atoms with Crippen LogP contribution in [0.4, 0.5) is 4.39 Å². The summed E-state index contributed by atoms with van der Waals surface area (Å²) < 4.78 is 12.9. The quantitative estimate of drug-likeness (QED) is 0.694. The summed E-state index contributed by atoms with van der Waals surface area (Å²) in [4.78, 5) is 0. The molecule has 1 heterocycles. The molecule has 1 unspecified atom stereocenters. The molecular weight excluding hydrogens is 169 g/mol. The SMILES string of the molecule is Oc1cc(F)cc(C2CCCN2)c1. The highest BCUT2D eigenvalue weighted by Crippen LogP contribution is 2.26. The lowest BCUT2D eigenvalue weighted by Gasteiger charge is -2.10. The smallest absolute Gasteiger partial charge is 0.127 e. The standard InChI is InChI=1S/C10H12FNO/c11-8-4-7(5-9(13)6-8)10-2-1-3-12-10/h4-6,10,12-13H,1-3H2. The van der Waals surface area contributed by atoms with Crippen LogP contribution >= 0.6 is 0 Å². The predicted octanol–water partition coefficient (Wildman–Crippen LogP) is 1.96. The molecule has 3 heteroatoms. The minimum absolute atomic E-state index is 0.00343. The van der Waals surface area contributed by atoms with Crippen LogP contribution in [-0.2, 0) is 0 Å². The average molecular weight is 181 g/mol. The van der Waals surface area contributed by atoms with Crippen LogP contribution in [0.3, 0.4) is 0 Å². The molecule has 1 aromatic carbocycles. The second-order valence-electron chi connectivity index (χ2n) is 3.39. The van der Waals surface area contributed by atoms with E-state index >= 15 is 0 Å². The largest absolute Gasteiger partial charge is 0.508 e. The maximum Gasteiger partial charge on any atom is 0.127 e. The third kappa shape index (κ3) is 1.80. The fraction of sp³-hybridized carbons (Fsp3) is 0.400. The summed E-state index contributed by atoms with van der Waals surface area (Å²) >= 11 is 0. The van der Waals surface area contributed by atoms with E-state index in [0.717, 1.165) is 31.0 Å². The van der Waals surface area contributed by atoms with E-state index in [0.29, 0.717) is 0 Å². The van der Waals surface area contributed by atoms with Crippen LogP contribution in [0.1, 0.15) is 24.4 Å². The van der Waals surface area contributed by atoms with Gasteiger partial charge in [-0.25, -0.2) is 4.39 Å². The number of halogens is 1. The van der Waals surface area contributed by atoms with Crippen molar-refractivity contribution in [1.29, 1.82) is 0 Å². The van der Waals surface area contributed by atoms with Gasteiger partial charge < -0.3 is 10.4 Å². The summed E-state index contributed by atoms with van der Waals surface area (Å²) in [6.45, 7) is 0.974. The highest BCUT2D eigenvalue weighted by molar-refractivity contribution is 5.30. The molecule has 70 valence electrons. The van der Waals surface area contributed by atoms with Gasteiger partial charge in [0.05, 0.1) is 0 Å². The lowest BCUT2D eigenvalue weighted by Crippen LogP contribution is -2.12. The molecule has 0 aliphatic carbocycles. The maximum atomic E-state index is 12.9. The van der Waals surface area contributed by atoms with E-state index in [1.165, 1.54) is 6.07 Å². The lowest BCUT2D eigenvalue weighted by molar-refractivity contribution is 0.466. The van der Waals surface area contributed by atoms with Crippen molar-refractivity contribution in [3.8, 4) is 5.75 Å². The molecule has 0 saturated carbocycles. The Morgan fingerprint density at radius 1 is 1.38 bits per heavy atom. The topological polar surface area (TPSA) is 32.3 Å². The van der Waals surface area contributed by atoms with Crippen LogP contribution < -0.4 is 5.32 Å². The fourth-order valence-corrected chi connectivity index (χ4v) is 1.77. The monoisotopic (exact) mass is 181 g/mol. The van der Waals surface area contributed by atoms with Crippen LogP contribution in [0.5, 0.6) is 5.75 Å². The van der Waals surface area contributed by atoms with Crippen LogP contribution in [0.15, 0.2) is 18.2 Å². The van der Waals surface area contributed by atoms with E-state index in [1.54, 1.807) is 6.07 Å². The number of hydrogen-bond acceptors (Lipinski definition) is 2. The number of aromatic hydroxyl groups is 1. The molecule has 0 amide bonds. The summed E-state index contributed by atoms with van der Waals surface area (Å²) in [5, 5.41) is 12.4. The highest BCUT2D eigenvalue weighted by Gasteiger charge is 2.16. The third-order valence-corrected chi connectivity index (χ3v) is 2.37. The van der Waals surface area contributed by atoms with Crippen molar-refractivity contribution in [2.75, 3.05) is 6.54 Å². The van der Waals surface area contributed by atoms with Gasteiger partial charge in [-0.05, 0) is 37.1 Å². The summed E-state index contributed by atoms with van der Waals surface area (Å²) in [5.74, 6) is -0.368. The van der Waals surface area contributed by atoms with E-state index in [1.807, 2.05) is 0 Å². The molecular formula is C10H12FNO. The van der Waals surface area contributed by atoms with Crippen LogP contribution in [-0.4, -0.2) is 11.7 Å². The summed E-state index contributed by atoms with van der Waals surface area (Å²) in [6.07, 6.45) is 2.13. The second kappa shape index (κ2) is 3.34. The number of phenols is 1. The van der Waals surface area contributed by atoms with Crippen molar-refractivity contribution in [3.63, 3.8) is 0 Å². The first-order valence-electron chi connectivity index (χ1n) is 4.48. The van der Waals surface area contributed by atoms with Crippen molar-refractivity contribution in [2.45, 2.75) is 18.9 Å². The summed E-state index contributed by atoms with van der Waals surface area (Å²) in [5.41, 5.74) is 0.843. The van der Waals surface area contributed by atoms with E-state index in [4.69, 9.17) is 0 Å². The molecule has 0 spiro atoms. The van der Waals surface area contributed by atoms with Crippen LogP contribution in [0, 0.1) is 5.82 Å². The van der Waals surface area contributed by atoms with E-state index < -0.39 is 0 Å². The average Bonchev–Trinajstić information content (AvgIpc) is 2.53. The van der Waals surface area contributed by atoms with Crippen molar-refractivity contribution in [3.05, 3.63) is 29.6 Å². The molecule has 1 aliphatic rings. The molecule has 2 nitrogen and oxygen atoms in total. The number of nitrogens with one attached hydrogen (secondary N) is 1. The zero-order valence-electron chi connectivity index (χ0n) is 7.26.